The number of nitro groups is 1. The van der Waals surface area contributed by atoms with Gasteiger partial charge in [0.2, 0.25) is 5.91 Å². The Morgan fingerprint density at radius 3 is 2.78 bits per heavy atom. The van der Waals surface area contributed by atoms with Crippen LogP contribution in [-0.2, 0) is 9.53 Å². The Morgan fingerprint density at radius 1 is 1.50 bits per heavy atom. The Morgan fingerprint density at radius 2 is 2.22 bits per heavy atom. The average Bonchev–Trinajstić information content (AvgIpc) is 2.27. The van der Waals surface area contributed by atoms with E-state index >= 15 is 0 Å². The summed E-state index contributed by atoms with van der Waals surface area (Å²) < 4.78 is 4.93. The van der Waals surface area contributed by atoms with Crippen molar-refractivity contribution in [3.8, 4) is 0 Å². The van der Waals surface area contributed by atoms with Crippen LogP contribution in [-0.4, -0.2) is 30.6 Å². The SMILES string of the molecule is NC(=O)COCCNc1ccc([N+](=O)[O-])c(N)c1. The molecule has 98 valence electrons. The van der Waals surface area contributed by atoms with Crippen LogP contribution >= 0.6 is 0 Å². The van der Waals surface area contributed by atoms with Gasteiger partial charge in [0, 0.05) is 18.3 Å². The summed E-state index contributed by atoms with van der Waals surface area (Å²) in [7, 11) is 0. The molecule has 8 nitrogen and oxygen atoms in total. The largest absolute Gasteiger partial charge is 0.393 e. The fraction of sp³-hybridized carbons (Fsp3) is 0.300. The Hall–Kier alpha value is -2.35. The molecule has 1 amide bonds. The van der Waals surface area contributed by atoms with Crippen LogP contribution in [0.3, 0.4) is 0 Å². The number of primary amides is 1. The van der Waals surface area contributed by atoms with E-state index < -0.39 is 10.8 Å². The maximum absolute atomic E-state index is 10.5. The zero-order valence-electron chi connectivity index (χ0n) is 9.59. The molecule has 18 heavy (non-hydrogen) atoms. The first-order valence-corrected chi connectivity index (χ1v) is 5.14. The van der Waals surface area contributed by atoms with Crippen LogP contribution in [0.2, 0.25) is 0 Å². The van der Waals surface area contributed by atoms with E-state index in [0.717, 1.165) is 0 Å². The van der Waals surface area contributed by atoms with Gasteiger partial charge in [-0.2, -0.15) is 0 Å². The Bertz CT molecular complexity index is 450. The molecular weight excluding hydrogens is 240 g/mol. The maximum atomic E-state index is 10.5. The van der Waals surface area contributed by atoms with E-state index in [9.17, 15) is 14.9 Å². The van der Waals surface area contributed by atoms with Crippen molar-refractivity contribution in [2.45, 2.75) is 0 Å². The standard InChI is InChI=1S/C10H14N4O4/c11-8-5-7(1-2-9(8)14(16)17)13-3-4-18-6-10(12)15/h1-2,5,13H,3-4,6,11H2,(H2,12,15). The normalized spacial score (nSPS) is 10.0. The van der Waals surface area contributed by atoms with E-state index in [1.807, 2.05) is 0 Å². The minimum atomic E-state index is -0.547. The fourth-order valence-electron chi connectivity index (χ4n) is 1.27. The van der Waals surface area contributed by atoms with Crippen molar-refractivity contribution in [3.63, 3.8) is 0 Å². The monoisotopic (exact) mass is 254 g/mol. The number of ether oxygens (including phenoxy) is 1. The predicted octanol–water partition coefficient (Wildman–Crippen LogP) is 0.0908. The second kappa shape index (κ2) is 6.40. The van der Waals surface area contributed by atoms with E-state index in [4.69, 9.17) is 16.2 Å². The molecule has 8 heteroatoms. The second-order valence-corrected chi connectivity index (χ2v) is 3.48. The molecule has 0 aromatic heterocycles. The summed E-state index contributed by atoms with van der Waals surface area (Å²) in [6.07, 6.45) is 0. The Balaban J connectivity index is 2.42. The number of carbonyl (C=O) groups excluding carboxylic acids is 1. The molecule has 1 rings (SSSR count). The van der Waals surface area contributed by atoms with E-state index in [0.29, 0.717) is 18.8 Å². The van der Waals surface area contributed by atoms with Gasteiger partial charge in [-0.1, -0.05) is 0 Å². The van der Waals surface area contributed by atoms with Crippen molar-refractivity contribution in [1.82, 2.24) is 0 Å². The molecule has 1 aromatic carbocycles. The number of nitrogens with one attached hydrogen (secondary N) is 1. The van der Waals surface area contributed by atoms with Gasteiger partial charge in [0.05, 0.1) is 11.5 Å². The van der Waals surface area contributed by atoms with Crippen LogP contribution in [0.15, 0.2) is 18.2 Å². The molecule has 1 aromatic rings. The molecule has 0 aliphatic rings. The van der Waals surface area contributed by atoms with Crippen molar-refractivity contribution >= 4 is 23.0 Å². The highest BCUT2D eigenvalue weighted by molar-refractivity contribution is 5.75. The third kappa shape index (κ3) is 4.26. The first kappa shape index (κ1) is 13.7. The minimum absolute atomic E-state index is 0.0862. The summed E-state index contributed by atoms with van der Waals surface area (Å²) in [6, 6.07) is 4.33. The van der Waals surface area contributed by atoms with Gasteiger partial charge in [0.25, 0.3) is 5.69 Å². The van der Waals surface area contributed by atoms with Crippen molar-refractivity contribution in [2.24, 2.45) is 5.73 Å². The maximum Gasteiger partial charge on any atom is 0.292 e. The molecule has 0 aliphatic carbocycles. The van der Waals surface area contributed by atoms with Crippen LogP contribution in [0.5, 0.6) is 0 Å². The Kier molecular flexibility index (Phi) is 4.88. The third-order valence-electron chi connectivity index (χ3n) is 2.04. The van der Waals surface area contributed by atoms with E-state index in [2.05, 4.69) is 5.32 Å². The van der Waals surface area contributed by atoms with Crippen molar-refractivity contribution in [1.29, 1.82) is 0 Å². The lowest BCUT2D eigenvalue weighted by Gasteiger charge is -2.07. The number of carbonyl (C=O) groups is 1. The summed E-state index contributed by atoms with van der Waals surface area (Å²) in [5.41, 5.74) is 11.0. The van der Waals surface area contributed by atoms with E-state index in [1.54, 1.807) is 6.07 Å². The van der Waals surface area contributed by atoms with Crippen LogP contribution in [0.1, 0.15) is 0 Å². The van der Waals surface area contributed by atoms with Gasteiger partial charge >= 0.3 is 0 Å². The number of hydrogen-bond acceptors (Lipinski definition) is 6. The average molecular weight is 254 g/mol. The molecule has 0 aliphatic heterocycles. The molecule has 0 unspecified atom stereocenters. The molecule has 0 atom stereocenters. The highest BCUT2D eigenvalue weighted by Crippen LogP contribution is 2.24. The molecule has 5 N–H and O–H groups in total. The molecule has 0 saturated carbocycles. The lowest BCUT2D eigenvalue weighted by Crippen LogP contribution is -2.20. The fourth-order valence-corrected chi connectivity index (χ4v) is 1.27. The Labute approximate surface area is 103 Å². The zero-order valence-corrected chi connectivity index (χ0v) is 9.59. The third-order valence-corrected chi connectivity index (χ3v) is 2.04. The van der Waals surface area contributed by atoms with Crippen LogP contribution in [0, 0.1) is 10.1 Å². The second-order valence-electron chi connectivity index (χ2n) is 3.48. The molecule has 0 radical (unpaired) electrons. The zero-order chi connectivity index (χ0) is 13.5. The topological polar surface area (TPSA) is 134 Å². The lowest BCUT2D eigenvalue weighted by molar-refractivity contribution is -0.383. The van der Waals surface area contributed by atoms with Gasteiger partial charge in [-0.05, 0) is 12.1 Å². The van der Waals surface area contributed by atoms with E-state index in [-0.39, 0.29) is 18.0 Å². The molecule has 0 saturated heterocycles. The molecule has 0 fully saturated rings. The predicted molar refractivity (Wildman–Crippen MR) is 66.0 cm³/mol. The quantitative estimate of drug-likeness (QED) is 0.273. The van der Waals surface area contributed by atoms with Gasteiger partial charge in [-0.15, -0.1) is 0 Å². The molecule has 0 heterocycles. The lowest BCUT2D eigenvalue weighted by atomic mass is 10.2. The van der Waals surface area contributed by atoms with Crippen molar-refractivity contribution in [3.05, 3.63) is 28.3 Å². The summed E-state index contributed by atoms with van der Waals surface area (Å²) >= 11 is 0. The van der Waals surface area contributed by atoms with Crippen LogP contribution in [0.4, 0.5) is 17.1 Å². The number of amides is 1. The minimum Gasteiger partial charge on any atom is -0.393 e. The smallest absolute Gasteiger partial charge is 0.292 e. The van der Waals surface area contributed by atoms with E-state index in [1.165, 1.54) is 12.1 Å². The number of hydrogen-bond donors (Lipinski definition) is 3. The number of rotatable bonds is 7. The van der Waals surface area contributed by atoms with Crippen LogP contribution in [0.25, 0.3) is 0 Å². The number of anilines is 2. The highest BCUT2D eigenvalue weighted by atomic mass is 16.6. The first-order valence-electron chi connectivity index (χ1n) is 5.14. The highest BCUT2D eigenvalue weighted by Gasteiger charge is 2.10. The van der Waals surface area contributed by atoms with Gasteiger partial charge in [-0.25, -0.2) is 0 Å². The molecule has 0 spiro atoms. The van der Waals surface area contributed by atoms with Gasteiger partial charge in [-0.3, -0.25) is 14.9 Å². The summed E-state index contributed by atoms with van der Waals surface area (Å²) in [6.45, 7) is 0.592. The van der Waals surface area contributed by atoms with Crippen molar-refractivity contribution < 1.29 is 14.5 Å². The number of benzene rings is 1. The van der Waals surface area contributed by atoms with Gasteiger partial charge in [0.1, 0.15) is 12.3 Å². The van der Waals surface area contributed by atoms with Gasteiger partial charge in [0.15, 0.2) is 0 Å². The number of nitro benzene ring substituents is 1. The summed E-state index contributed by atoms with van der Waals surface area (Å²) in [4.78, 5) is 20.4. The van der Waals surface area contributed by atoms with Crippen molar-refractivity contribution in [2.75, 3.05) is 30.8 Å². The summed E-state index contributed by atoms with van der Waals surface area (Å²) in [5, 5.41) is 13.5. The first-order chi connectivity index (χ1) is 8.50. The number of nitrogens with two attached hydrogens (primary N) is 2. The number of nitrogens with zero attached hydrogens (tertiary/aromatic N) is 1. The number of nitrogen functional groups attached to an aromatic ring is 1. The van der Waals surface area contributed by atoms with Gasteiger partial charge < -0.3 is 21.5 Å². The molecule has 0 bridgehead atoms. The summed E-state index contributed by atoms with van der Waals surface area (Å²) in [5.74, 6) is -0.533. The molecular formula is C10H14N4O4. The van der Waals surface area contributed by atoms with Crippen LogP contribution < -0.4 is 16.8 Å².